The third-order valence-corrected chi connectivity index (χ3v) is 6.16. The zero-order valence-electron chi connectivity index (χ0n) is 13.9. The highest BCUT2D eigenvalue weighted by Crippen LogP contribution is 2.29. The fourth-order valence-electron chi connectivity index (χ4n) is 2.55. The Morgan fingerprint density at radius 1 is 1.25 bits per heavy atom. The highest BCUT2D eigenvalue weighted by Gasteiger charge is 2.28. The fraction of sp³-hybridized carbons (Fsp3) is 0.412. The molecular weight excluding hydrogens is 326 g/mol. The standard InChI is InChI=1S/C17H21N3O3S/c1-4-17(2,3)16-19-18-15(23-16)13-8-7-9-14(12-13)24(21,22)20-10-5-6-11-20/h4,7-9,12H,1,5-6,10-11H2,2-3H3. The highest BCUT2D eigenvalue weighted by molar-refractivity contribution is 7.89. The second kappa shape index (κ2) is 6.14. The Morgan fingerprint density at radius 2 is 1.96 bits per heavy atom. The van der Waals surface area contributed by atoms with E-state index >= 15 is 0 Å². The molecule has 0 radical (unpaired) electrons. The number of rotatable bonds is 5. The Bertz CT molecular complexity index is 849. The summed E-state index contributed by atoms with van der Waals surface area (Å²) in [7, 11) is -3.47. The predicted octanol–water partition coefficient (Wildman–Crippen LogP) is 2.98. The van der Waals surface area contributed by atoms with Crippen molar-refractivity contribution in [1.82, 2.24) is 14.5 Å². The van der Waals surface area contributed by atoms with Crippen LogP contribution in [0.1, 0.15) is 32.6 Å². The van der Waals surface area contributed by atoms with Crippen molar-refractivity contribution in [3.05, 3.63) is 42.8 Å². The Hall–Kier alpha value is -1.99. The van der Waals surface area contributed by atoms with E-state index in [0.717, 1.165) is 12.8 Å². The number of sulfonamides is 1. The van der Waals surface area contributed by atoms with E-state index in [2.05, 4.69) is 16.8 Å². The third-order valence-electron chi connectivity index (χ3n) is 4.27. The molecule has 1 aliphatic rings. The fourth-order valence-corrected chi connectivity index (χ4v) is 4.12. The molecule has 2 aromatic rings. The second-order valence-electron chi connectivity index (χ2n) is 6.48. The highest BCUT2D eigenvalue weighted by atomic mass is 32.2. The van der Waals surface area contributed by atoms with Gasteiger partial charge >= 0.3 is 0 Å². The summed E-state index contributed by atoms with van der Waals surface area (Å²) in [5.41, 5.74) is 0.152. The molecule has 0 atom stereocenters. The maximum atomic E-state index is 12.7. The lowest BCUT2D eigenvalue weighted by Gasteiger charge is -2.15. The molecule has 2 heterocycles. The topological polar surface area (TPSA) is 76.3 Å². The van der Waals surface area contributed by atoms with E-state index in [-0.39, 0.29) is 4.90 Å². The molecule has 3 rings (SSSR count). The van der Waals surface area contributed by atoms with Gasteiger partial charge in [0.25, 0.3) is 0 Å². The maximum absolute atomic E-state index is 12.7. The zero-order chi connectivity index (χ0) is 17.4. The van der Waals surface area contributed by atoms with E-state index in [1.54, 1.807) is 30.3 Å². The van der Waals surface area contributed by atoms with Gasteiger partial charge in [-0.05, 0) is 44.9 Å². The van der Waals surface area contributed by atoms with Gasteiger partial charge in [0.2, 0.25) is 21.8 Å². The molecule has 128 valence electrons. The lowest BCUT2D eigenvalue weighted by molar-refractivity contribution is 0.429. The van der Waals surface area contributed by atoms with Gasteiger partial charge in [-0.1, -0.05) is 12.1 Å². The van der Waals surface area contributed by atoms with Crippen LogP contribution in [0.4, 0.5) is 0 Å². The van der Waals surface area contributed by atoms with E-state index in [9.17, 15) is 8.42 Å². The van der Waals surface area contributed by atoms with Crippen LogP contribution in [-0.2, 0) is 15.4 Å². The van der Waals surface area contributed by atoms with Crippen LogP contribution in [0.25, 0.3) is 11.5 Å². The molecule has 6 nitrogen and oxygen atoms in total. The van der Waals surface area contributed by atoms with Crippen molar-refractivity contribution in [1.29, 1.82) is 0 Å². The van der Waals surface area contributed by atoms with Gasteiger partial charge in [0.05, 0.1) is 10.3 Å². The van der Waals surface area contributed by atoms with Crippen molar-refractivity contribution in [3.63, 3.8) is 0 Å². The minimum Gasteiger partial charge on any atom is -0.420 e. The van der Waals surface area contributed by atoms with Gasteiger partial charge in [-0.3, -0.25) is 0 Å². The van der Waals surface area contributed by atoms with E-state index < -0.39 is 15.4 Å². The first kappa shape index (κ1) is 16.9. The van der Waals surface area contributed by atoms with Crippen LogP contribution in [-0.4, -0.2) is 36.0 Å². The van der Waals surface area contributed by atoms with Gasteiger partial charge in [-0.15, -0.1) is 16.8 Å². The smallest absolute Gasteiger partial charge is 0.247 e. The number of hydrogen-bond acceptors (Lipinski definition) is 5. The lowest BCUT2D eigenvalue weighted by atomic mass is 9.94. The molecule has 1 fully saturated rings. The molecule has 0 bridgehead atoms. The van der Waals surface area contributed by atoms with Gasteiger partial charge in [0.1, 0.15) is 0 Å². The largest absolute Gasteiger partial charge is 0.420 e. The van der Waals surface area contributed by atoms with Crippen molar-refractivity contribution in [2.24, 2.45) is 0 Å². The van der Waals surface area contributed by atoms with E-state index in [0.29, 0.717) is 30.4 Å². The van der Waals surface area contributed by atoms with Crippen LogP contribution in [0.15, 0.2) is 46.2 Å². The van der Waals surface area contributed by atoms with Crippen molar-refractivity contribution >= 4 is 10.0 Å². The quantitative estimate of drug-likeness (QED) is 0.777. The summed E-state index contributed by atoms with van der Waals surface area (Å²) >= 11 is 0. The molecule has 0 saturated carbocycles. The summed E-state index contributed by atoms with van der Waals surface area (Å²) < 4.78 is 32.6. The lowest BCUT2D eigenvalue weighted by Crippen LogP contribution is -2.27. The molecule has 0 unspecified atom stereocenters. The van der Waals surface area contributed by atoms with Gasteiger partial charge in [-0.2, -0.15) is 4.31 Å². The summed E-state index contributed by atoms with van der Waals surface area (Å²) in [5.74, 6) is 0.749. The average molecular weight is 347 g/mol. The molecular formula is C17H21N3O3S. The first-order valence-corrected chi connectivity index (χ1v) is 9.37. The molecule has 0 N–H and O–H groups in total. The number of benzene rings is 1. The van der Waals surface area contributed by atoms with E-state index in [4.69, 9.17) is 4.42 Å². The molecule has 0 aliphatic carbocycles. The molecule has 1 saturated heterocycles. The van der Waals surface area contributed by atoms with Crippen LogP contribution in [0.5, 0.6) is 0 Å². The Kier molecular flexibility index (Phi) is 4.31. The Morgan fingerprint density at radius 3 is 2.62 bits per heavy atom. The van der Waals surface area contributed by atoms with Gasteiger partial charge in [-0.25, -0.2) is 8.42 Å². The second-order valence-corrected chi connectivity index (χ2v) is 8.42. The van der Waals surface area contributed by atoms with Gasteiger partial charge in [0, 0.05) is 18.7 Å². The monoisotopic (exact) mass is 347 g/mol. The van der Waals surface area contributed by atoms with Crippen molar-refractivity contribution in [2.45, 2.75) is 37.0 Å². The Balaban J connectivity index is 1.95. The zero-order valence-corrected chi connectivity index (χ0v) is 14.7. The average Bonchev–Trinajstić information content (AvgIpc) is 3.27. The number of allylic oxidation sites excluding steroid dienone is 1. The van der Waals surface area contributed by atoms with Crippen LogP contribution in [0, 0.1) is 0 Å². The number of nitrogens with zero attached hydrogens (tertiary/aromatic N) is 3. The Labute approximate surface area is 142 Å². The molecule has 7 heteroatoms. The first-order chi connectivity index (χ1) is 11.3. The molecule has 1 aliphatic heterocycles. The van der Waals surface area contributed by atoms with Crippen LogP contribution in [0.3, 0.4) is 0 Å². The molecule has 0 amide bonds. The van der Waals surface area contributed by atoms with Crippen molar-refractivity contribution < 1.29 is 12.8 Å². The van der Waals surface area contributed by atoms with Crippen molar-refractivity contribution in [3.8, 4) is 11.5 Å². The van der Waals surface area contributed by atoms with E-state index in [1.807, 2.05) is 13.8 Å². The normalized spacial score (nSPS) is 16.4. The third kappa shape index (κ3) is 3.01. The SMILES string of the molecule is C=CC(C)(C)c1nnc(-c2cccc(S(=O)(=O)N3CCCC3)c2)o1. The number of aromatic nitrogens is 2. The van der Waals surface area contributed by atoms with E-state index in [1.165, 1.54) is 4.31 Å². The molecule has 1 aromatic heterocycles. The minimum absolute atomic E-state index is 0.254. The summed E-state index contributed by atoms with van der Waals surface area (Å²) in [5, 5.41) is 8.11. The molecule has 24 heavy (non-hydrogen) atoms. The minimum atomic E-state index is -3.47. The van der Waals surface area contributed by atoms with Gasteiger partial charge in [0.15, 0.2) is 0 Å². The van der Waals surface area contributed by atoms with Crippen molar-refractivity contribution in [2.75, 3.05) is 13.1 Å². The van der Waals surface area contributed by atoms with Crippen LogP contribution in [0.2, 0.25) is 0 Å². The summed E-state index contributed by atoms with van der Waals surface area (Å²) in [4.78, 5) is 0.254. The maximum Gasteiger partial charge on any atom is 0.247 e. The van der Waals surface area contributed by atoms with Crippen LogP contribution >= 0.6 is 0 Å². The molecule has 1 aromatic carbocycles. The van der Waals surface area contributed by atoms with Crippen LogP contribution < -0.4 is 0 Å². The first-order valence-electron chi connectivity index (χ1n) is 7.93. The molecule has 0 spiro atoms. The summed E-state index contributed by atoms with van der Waals surface area (Å²) in [6.45, 7) is 8.76. The number of hydrogen-bond donors (Lipinski definition) is 0. The van der Waals surface area contributed by atoms with Gasteiger partial charge < -0.3 is 4.42 Å². The summed E-state index contributed by atoms with van der Waals surface area (Å²) in [6.07, 6.45) is 3.55. The predicted molar refractivity (Wildman–Crippen MR) is 90.9 cm³/mol. The summed E-state index contributed by atoms with van der Waals surface area (Å²) in [6, 6.07) is 6.65.